The maximum absolute atomic E-state index is 14.6. The molecule has 0 saturated heterocycles. The molecule has 2 fully saturated rings. The van der Waals surface area contributed by atoms with E-state index in [1.807, 2.05) is 12.1 Å². The van der Waals surface area contributed by atoms with Gasteiger partial charge in [-0.2, -0.15) is 0 Å². The molecule has 2 atom stereocenters. The van der Waals surface area contributed by atoms with Crippen LogP contribution in [0.2, 0.25) is 0 Å². The minimum absolute atomic E-state index is 0.0167. The van der Waals surface area contributed by atoms with Crippen LogP contribution < -0.4 is 10.6 Å². The molecule has 5 rings (SSSR count). The van der Waals surface area contributed by atoms with E-state index in [4.69, 9.17) is 0 Å². The summed E-state index contributed by atoms with van der Waals surface area (Å²) in [5.41, 5.74) is 1.52. The third-order valence-electron chi connectivity index (χ3n) is 6.58. The van der Waals surface area contributed by atoms with Crippen molar-refractivity contribution in [3.63, 3.8) is 0 Å². The Hall–Kier alpha value is -3.03. The topological polar surface area (TPSA) is 95.6 Å². The summed E-state index contributed by atoms with van der Waals surface area (Å²) in [7, 11) is 0. The molecule has 3 aromatic rings. The molecule has 1 amide bonds. The van der Waals surface area contributed by atoms with Crippen LogP contribution in [0.15, 0.2) is 30.7 Å². The van der Waals surface area contributed by atoms with E-state index < -0.39 is 5.82 Å². The zero-order valence-electron chi connectivity index (χ0n) is 17.4. The van der Waals surface area contributed by atoms with E-state index in [9.17, 15) is 9.18 Å². The monoisotopic (exact) mass is 422 g/mol. The van der Waals surface area contributed by atoms with Gasteiger partial charge in [-0.25, -0.2) is 19.3 Å². The number of aromatic nitrogens is 4. The molecule has 3 aromatic heterocycles. The molecule has 2 aliphatic rings. The van der Waals surface area contributed by atoms with Crippen LogP contribution in [0.4, 0.5) is 10.2 Å². The number of amides is 1. The van der Waals surface area contributed by atoms with E-state index in [2.05, 4.69) is 30.6 Å². The van der Waals surface area contributed by atoms with Gasteiger partial charge < -0.3 is 15.6 Å². The van der Waals surface area contributed by atoms with Crippen molar-refractivity contribution >= 4 is 22.8 Å². The number of fused-ring (bicyclic) bond motifs is 1. The highest BCUT2D eigenvalue weighted by molar-refractivity contribution is 5.91. The van der Waals surface area contributed by atoms with Gasteiger partial charge in [0.1, 0.15) is 5.65 Å². The molecule has 8 heteroatoms. The summed E-state index contributed by atoms with van der Waals surface area (Å²) in [5, 5.41) is 7.40. The molecule has 2 saturated carbocycles. The molecule has 0 spiro atoms. The molecule has 7 nitrogen and oxygen atoms in total. The molecule has 3 N–H and O–H groups in total. The Bertz CT molecular complexity index is 1080. The van der Waals surface area contributed by atoms with E-state index >= 15 is 0 Å². The lowest BCUT2D eigenvalue weighted by molar-refractivity contribution is -0.125. The Morgan fingerprint density at radius 1 is 1.06 bits per heavy atom. The third kappa shape index (κ3) is 4.11. The van der Waals surface area contributed by atoms with Gasteiger partial charge in [0.05, 0.1) is 6.20 Å². The molecule has 31 heavy (non-hydrogen) atoms. The SMILES string of the molecule is O=C(N[C@@H]1CCCC[C@H]1Nc1nc(-c2c[nH]c3ncccc23)ncc1F)C1CCCC1. The van der Waals surface area contributed by atoms with Gasteiger partial charge in [0.2, 0.25) is 5.91 Å². The standard InChI is InChI=1S/C23H27FN6O/c24-17-13-27-21(16-12-26-20-15(16)8-5-11-25-20)30-22(17)28-18-9-3-4-10-19(18)29-23(31)14-6-1-2-7-14/h5,8,11-14,18-19H,1-4,6-7,9-10H2,(H,25,26)(H,29,31)(H,27,28,30)/t18-,19-/m1/s1. The van der Waals surface area contributed by atoms with Crippen molar-refractivity contribution in [2.75, 3.05) is 5.32 Å². The molecular formula is C23H27FN6O. The highest BCUT2D eigenvalue weighted by Crippen LogP contribution is 2.29. The summed E-state index contributed by atoms with van der Waals surface area (Å²) < 4.78 is 14.6. The Morgan fingerprint density at radius 3 is 2.68 bits per heavy atom. The first-order valence-electron chi connectivity index (χ1n) is 11.2. The predicted molar refractivity (Wildman–Crippen MR) is 117 cm³/mol. The van der Waals surface area contributed by atoms with Gasteiger partial charge in [-0.05, 0) is 37.8 Å². The number of hydrogen-bond donors (Lipinski definition) is 3. The number of carbonyl (C=O) groups excluding carboxylic acids is 1. The Kier molecular flexibility index (Phi) is 5.53. The fourth-order valence-electron chi connectivity index (χ4n) is 4.88. The van der Waals surface area contributed by atoms with Gasteiger partial charge in [0.25, 0.3) is 0 Å². The zero-order valence-corrected chi connectivity index (χ0v) is 17.4. The van der Waals surface area contributed by atoms with Crippen LogP contribution in [-0.2, 0) is 4.79 Å². The van der Waals surface area contributed by atoms with Crippen LogP contribution in [0.5, 0.6) is 0 Å². The molecule has 0 aliphatic heterocycles. The molecule has 0 unspecified atom stereocenters. The quantitative estimate of drug-likeness (QED) is 0.573. The number of nitrogens with zero attached hydrogens (tertiary/aromatic N) is 3. The number of H-pyrrole nitrogens is 1. The highest BCUT2D eigenvalue weighted by Gasteiger charge is 2.31. The summed E-state index contributed by atoms with van der Waals surface area (Å²) >= 11 is 0. The molecular weight excluding hydrogens is 395 g/mol. The predicted octanol–water partition coefficient (Wildman–Crippen LogP) is 4.19. The van der Waals surface area contributed by atoms with E-state index in [1.54, 1.807) is 12.4 Å². The summed E-state index contributed by atoms with van der Waals surface area (Å²) in [6, 6.07) is 3.71. The maximum atomic E-state index is 14.6. The van der Waals surface area contributed by atoms with Crippen molar-refractivity contribution in [3.8, 4) is 11.4 Å². The van der Waals surface area contributed by atoms with Gasteiger partial charge in [-0.3, -0.25) is 4.79 Å². The lowest BCUT2D eigenvalue weighted by atomic mass is 9.89. The minimum atomic E-state index is -0.492. The number of halogens is 1. The largest absolute Gasteiger partial charge is 0.363 e. The third-order valence-corrected chi connectivity index (χ3v) is 6.58. The number of rotatable bonds is 5. The minimum Gasteiger partial charge on any atom is -0.363 e. The summed E-state index contributed by atoms with van der Waals surface area (Å²) in [6.45, 7) is 0. The lowest BCUT2D eigenvalue weighted by Crippen LogP contribution is -2.50. The second-order valence-corrected chi connectivity index (χ2v) is 8.62. The number of pyridine rings is 1. The van der Waals surface area contributed by atoms with Gasteiger partial charge in [-0.15, -0.1) is 0 Å². The summed E-state index contributed by atoms with van der Waals surface area (Å²) in [4.78, 5) is 28.8. The normalized spacial score (nSPS) is 22.0. The zero-order chi connectivity index (χ0) is 21.2. The van der Waals surface area contributed by atoms with Gasteiger partial charge >= 0.3 is 0 Å². The van der Waals surface area contributed by atoms with Gasteiger partial charge in [0, 0.05) is 41.3 Å². The lowest BCUT2D eigenvalue weighted by Gasteiger charge is -2.34. The summed E-state index contributed by atoms with van der Waals surface area (Å²) in [5.74, 6) is 0.390. The maximum Gasteiger partial charge on any atom is 0.223 e. The van der Waals surface area contributed by atoms with Crippen LogP contribution in [0, 0.1) is 11.7 Å². The molecule has 2 aliphatic carbocycles. The van der Waals surface area contributed by atoms with Crippen molar-refractivity contribution in [2.24, 2.45) is 5.92 Å². The average molecular weight is 423 g/mol. The highest BCUT2D eigenvalue weighted by atomic mass is 19.1. The number of aromatic amines is 1. The molecule has 162 valence electrons. The Morgan fingerprint density at radius 2 is 1.84 bits per heavy atom. The molecule has 3 heterocycles. The fourth-order valence-corrected chi connectivity index (χ4v) is 4.88. The number of nitrogens with one attached hydrogen (secondary N) is 3. The molecule has 0 radical (unpaired) electrons. The van der Waals surface area contributed by atoms with E-state index in [-0.39, 0.29) is 29.7 Å². The van der Waals surface area contributed by atoms with Crippen molar-refractivity contribution in [1.29, 1.82) is 0 Å². The van der Waals surface area contributed by atoms with Crippen molar-refractivity contribution in [3.05, 3.63) is 36.5 Å². The molecule has 0 bridgehead atoms. The first kappa shape index (κ1) is 19.9. The van der Waals surface area contributed by atoms with Crippen molar-refractivity contribution in [1.82, 2.24) is 25.3 Å². The van der Waals surface area contributed by atoms with E-state index in [0.717, 1.165) is 68.0 Å². The Balaban J connectivity index is 1.36. The smallest absolute Gasteiger partial charge is 0.223 e. The van der Waals surface area contributed by atoms with Crippen molar-refractivity contribution < 1.29 is 9.18 Å². The Labute approximate surface area is 180 Å². The fraction of sp³-hybridized carbons (Fsp3) is 0.478. The van der Waals surface area contributed by atoms with Crippen LogP contribution in [-0.4, -0.2) is 37.9 Å². The first-order chi connectivity index (χ1) is 15.2. The van der Waals surface area contributed by atoms with E-state index in [0.29, 0.717) is 5.82 Å². The number of anilines is 1. The van der Waals surface area contributed by atoms with Crippen LogP contribution in [0.3, 0.4) is 0 Å². The van der Waals surface area contributed by atoms with Gasteiger partial charge in [-0.1, -0.05) is 25.7 Å². The first-order valence-corrected chi connectivity index (χ1v) is 11.2. The summed E-state index contributed by atoms with van der Waals surface area (Å²) in [6.07, 6.45) is 12.8. The second kappa shape index (κ2) is 8.61. The number of hydrogen-bond acceptors (Lipinski definition) is 5. The van der Waals surface area contributed by atoms with Crippen LogP contribution >= 0.6 is 0 Å². The van der Waals surface area contributed by atoms with Gasteiger partial charge in [0.15, 0.2) is 17.5 Å². The van der Waals surface area contributed by atoms with Crippen LogP contribution in [0.1, 0.15) is 51.4 Å². The average Bonchev–Trinajstić information content (AvgIpc) is 3.47. The van der Waals surface area contributed by atoms with Crippen molar-refractivity contribution in [2.45, 2.75) is 63.5 Å². The van der Waals surface area contributed by atoms with E-state index in [1.165, 1.54) is 6.20 Å². The number of carbonyl (C=O) groups is 1. The van der Waals surface area contributed by atoms with Crippen LogP contribution in [0.25, 0.3) is 22.4 Å². The molecule has 0 aromatic carbocycles. The second-order valence-electron chi connectivity index (χ2n) is 8.62.